The quantitative estimate of drug-likeness (QED) is 0.881. The number of phenols is 1. The van der Waals surface area contributed by atoms with Crippen LogP contribution >= 0.6 is 0 Å². The molecule has 2 fully saturated rings. The van der Waals surface area contributed by atoms with Crippen LogP contribution in [0.3, 0.4) is 0 Å². The van der Waals surface area contributed by atoms with Crippen molar-refractivity contribution in [1.29, 1.82) is 0 Å². The topological polar surface area (TPSA) is 72.9 Å². The Labute approximate surface area is 148 Å². The van der Waals surface area contributed by atoms with Gasteiger partial charge in [-0.15, -0.1) is 0 Å². The van der Waals surface area contributed by atoms with Crippen LogP contribution in [0, 0.1) is 0 Å². The predicted octanol–water partition coefficient (Wildman–Crippen LogP) is 2.12. The van der Waals surface area contributed by atoms with E-state index in [1.165, 1.54) is 19.3 Å². The van der Waals surface area contributed by atoms with Crippen molar-refractivity contribution < 1.29 is 14.7 Å². The Morgan fingerprint density at radius 2 is 1.64 bits per heavy atom. The SMILES string of the molecule is O=C(Cc1ccccc1O)N1CCN(C(=O)NC2CCCCC2)CC1. The standard InChI is InChI=1S/C19H27N3O3/c23-17-9-5-4-6-15(17)14-18(24)21-10-12-22(13-11-21)19(25)20-16-7-2-1-3-8-16/h4-6,9,16,23H,1-3,7-8,10-14H2,(H,20,25). The van der Waals surface area contributed by atoms with Gasteiger partial charge in [-0.25, -0.2) is 4.79 Å². The minimum atomic E-state index is -0.00570. The Morgan fingerprint density at radius 3 is 2.32 bits per heavy atom. The molecule has 1 saturated heterocycles. The minimum Gasteiger partial charge on any atom is -0.508 e. The first-order valence-corrected chi connectivity index (χ1v) is 9.23. The molecule has 0 spiro atoms. The number of nitrogens with zero attached hydrogens (tertiary/aromatic N) is 2. The van der Waals surface area contributed by atoms with Gasteiger partial charge in [0, 0.05) is 37.8 Å². The number of carbonyl (C=O) groups excluding carboxylic acids is 2. The maximum absolute atomic E-state index is 12.4. The number of hydrogen-bond acceptors (Lipinski definition) is 3. The molecule has 6 nitrogen and oxygen atoms in total. The molecule has 1 saturated carbocycles. The summed E-state index contributed by atoms with van der Waals surface area (Å²) >= 11 is 0. The molecular weight excluding hydrogens is 318 g/mol. The highest BCUT2D eigenvalue weighted by molar-refractivity contribution is 5.80. The number of amides is 3. The highest BCUT2D eigenvalue weighted by atomic mass is 16.3. The number of urea groups is 1. The van der Waals surface area contributed by atoms with Crippen LogP contribution in [0.5, 0.6) is 5.75 Å². The Balaban J connectivity index is 1.45. The molecule has 3 rings (SSSR count). The van der Waals surface area contributed by atoms with E-state index in [-0.39, 0.29) is 24.1 Å². The van der Waals surface area contributed by atoms with E-state index >= 15 is 0 Å². The predicted molar refractivity (Wildman–Crippen MR) is 95.4 cm³/mol. The Morgan fingerprint density at radius 1 is 1.00 bits per heavy atom. The lowest BCUT2D eigenvalue weighted by molar-refractivity contribution is -0.131. The number of phenolic OH excluding ortho intramolecular Hbond substituents is 1. The van der Waals surface area contributed by atoms with Crippen molar-refractivity contribution in [3.05, 3.63) is 29.8 Å². The molecule has 0 aromatic heterocycles. The van der Waals surface area contributed by atoms with E-state index in [0.29, 0.717) is 37.8 Å². The third-order valence-corrected chi connectivity index (χ3v) is 5.19. The van der Waals surface area contributed by atoms with Crippen molar-refractivity contribution >= 4 is 11.9 Å². The summed E-state index contributed by atoms with van der Waals surface area (Å²) in [5.74, 6) is 0.148. The van der Waals surface area contributed by atoms with Crippen molar-refractivity contribution in [2.24, 2.45) is 0 Å². The number of para-hydroxylation sites is 1. The zero-order chi connectivity index (χ0) is 17.6. The lowest BCUT2D eigenvalue weighted by Crippen LogP contribution is -2.54. The van der Waals surface area contributed by atoms with Crippen molar-refractivity contribution in [3.8, 4) is 5.75 Å². The van der Waals surface area contributed by atoms with Crippen LogP contribution in [-0.4, -0.2) is 59.1 Å². The van der Waals surface area contributed by atoms with Crippen LogP contribution < -0.4 is 5.32 Å². The first-order valence-electron chi connectivity index (χ1n) is 9.23. The van der Waals surface area contributed by atoms with Gasteiger partial charge in [-0.05, 0) is 18.9 Å². The average molecular weight is 345 g/mol. The lowest BCUT2D eigenvalue weighted by Gasteiger charge is -2.36. The fourth-order valence-electron chi connectivity index (χ4n) is 3.61. The molecule has 2 N–H and O–H groups in total. The molecule has 3 amide bonds. The second-order valence-electron chi connectivity index (χ2n) is 6.96. The molecule has 1 aromatic carbocycles. The number of carbonyl (C=O) groups is 2. The van der Waals surface area contributed by atoms with Crippen LogP contribution in [0.1, 0.15) is 37.7 Å². The van der Waals surface area contributed by atoms with E-state index in [4.69, 9.17) is 0 Å². The molecule has 6 heteroatoms. The number of benzene rings is 1. The fourth-order valence-corrected chi connectivity index (χ4v) is 3.61. The van der Waals surface area contributed by atoms with Gasteiger partial charge in [0.2, 0.25) is 5.91 Å². The van der Waals surface area contributed by atoms with Crippen LogP contribution in [0.2, 0.25) is 0 Å². The second kappa shape index (κ2) is 8.23. The molecule has 0 radical (unpaired) electrons. The van der Waals surface area contributed by atoms with Crippen molar-refractivity contribution in [2.75, 3.05) is 26.2 Å². The van der Waals surface area contributed by atoms with Gasteiger partial charge in [0.05, 0.1) is 6.42 Å². The summed E-state index contributed by atoms with van der Waals surface area (Å²) < 4.78 is 0. The van der Waals surface area contributed by atoms with E-state index in [0.717, 1.165) is 12.8 Å². The summed E-state index contributed by atoms with van der Waals surface area (Å²) in [4.78, 5) is 28.3. The van der Waals surface area contributed by atoms with Gasteiger partial charge < -0.3 is 20.2 Å². The second-order valence-corrected chi connectivity index (χ2v) is 6.96. The van der Waals surface area contributed by atoms with Gasteiger partial charge >= 0.3 is 6.03 Å². The summed E-state index contributed by atoms with van der Waals surface area (Å²) in [6.07, 6.45) is 6.00. The maximum atomic E-state index is 12.4. The summed E-state index contributed by atoms with van der Waals surface area (Å²) in [7, 11) is 0. The van der Waals surface area contributed by atoms with E-state index in [1.54, 1.807) is 28.0 Å². The molecule has 1 heterocycles. The summed E-state index contributed by atoms with van der Waals surface area (Å²) in [5.41, 5.74) is 0.643. The first kappa shape index (κ1) is 17.6. The molecule has 0 unspecified atom stereocenters. The van der Waals surface area contributed by atoms with Crippen LogP contribution in [0.4, 0.5) is 4.79 Å². The van der Waals surface area contributed by atoms with Crippen molar-refractivity contribution in [3.63, 3.8) is 0 Å². The van der Waals surface area contributed by atoms with Crippen LogP contribution in [-0.2, 0) is 11.2 Å². The van der Waals surface area contributed by atoms with Crippen molar-refractivity contribution in [2.45, 2.75) is 44.6 Å². The smallest absolute Gasteiger partial charge is 0.317 e. The van der Waals surface area contributed by atoms with Crippen LogP contribution in [0.15, 0.2) is 24.3 Å². The Bertz CT molecular complexity index is 606. The van der Waals surface area contributed by atoms with E-state index in [9.17, 15) is 14.7 Å². The summed E-state index contributed by atoms with van der Waals surface area (Å²) in [6, 6.07) is 7.22. The van der Waals surface area contributed by atoms with E-state index in [1.807, 2.05) is 6.07 Å². The normalized spacial score (nSPS) is 18.9. The number of rotatable bonds is 3. The summed E-state index contributed by atoms with van der Waals surface area (Å²) in [5, 5.41) is 12.9. The molecule has 2 aliphatic rings. The number of aromatic hydroxyl groups is 1. The first-order chi connectivity index (χ1) is 12.1. The third kappa shape index (κ3) is 4.65. The zero-order valence-electron chi connectivity index (χ0n) is 14.6. The van der Waals surface area contributed by atoms with Gasteiger partial charge in [-0.2, -0.15) is 0 Å². The fraction of sp³-hybridized carbons (Fsp3) is 0.579. The van der Waals surface area contributed by atoms with Crippen LogP contribution in [0.25, 0.3) is 0 Å². The molecule has 1 aliphatic carbocycles. The van der Waals surface area contributed by atoms with Gasteiger partial charge in [-0.3, -0.25) is 4.79 Å². The number of hydrogen-bond donors (Lipinski definition) is 2. The van der Waals surface area contributed by atoms with Gasteiger partial charge in [0.1, 0.15) is 5.75 Å². The third-order valence-electron chi connectivity index (χ3n) is 5.19. The number of piperazine rings is 1. The monoisotopic (exact) mass is 345 g/mol. The molecule has 0 atom stereocenters. The molecule has 0 bridgehead atoms. The molecule has 25 heavy (non-hydrogen) atoms. The van der Waals surface area contributed by atoms with Gasteiger partial charge in [-0.1, -0.05) is 37.5 Å². The lowest BCUT2D eigenvalue weighted by atomic mass is 9.96. The van der Waals surface area contributed by atoms with E-state index < -0.39 is 0 Å². The van der Waals surface area contributed by atoms with Gasteiger partial charge in [0.25, 0.3) is 0 Å². The largest absolute Gasteiger partial charge is 0.508 e. The van der Waals surface area contributed by atoms with E-state index in [2.05, 4.69) is 5.32 Å². The minimum absolute atomic E-state index is 0.000275. The highest BCUT2D eigenvalue weighted by Crippen LogP contribution is 2.19. The molecule has 1 aliphatic heterocycles. The zero-order valence-corrected chi connectivity index (χ0v) is 14.6. The Hall–Kier alpha value is -2.24. The van der Waals surface area contributed by atoms with Crippen molar-refractivity contribution in [1.82, 2.24) is 15.1 Å². The number of nitrogens with one attached hydrogen (secondary N) is 1. The molecule has 1 aromatic rings. The molecule has 136 valence electrons. The Kier molecular flexibility index (Phi) is 5.79. The highest BCUT2D eigenvalue weighted by Gasteiger charge is 2.26. The van der Waals surface area contributed by atoms with Gasteiger partial charge in [0.15, 0.2) is 0 Å². The summed E-state index contributed by atoms with van der Waals surface area (Å²) in [6.45, 7) is 2.21. The maximum Gasteiger partial charge on any atom is 0.317 e. The average Bonchev–Trinajstić information content (AvgIpc) is 2.64. The molecular formula is C19H27N3O3.